The van der Waals surface area contributed by atoms with Gasteiger partial charge in [0.15, 0.2) is 0 Å². The van der Waals surface area contributed by atoms with E-state index in [9.17, 15) is 13.2 Å². The number of sulfonamides is 1. The van der Waals surface area contributed by atoms with Gasteiger partial charge in [-0.3, -0.25) is 4.79 Å². The topological polar surface area (TPSA) is 60.9 Å². The van der Waals surface area contributed by atoms with Crippen molar-refractivity contribution in [2.24, 2.45) is 0 Å². The van der Waals surface area contributed by atoms with Crippen LogP contribution < -0.4 is 0 Å². The van der Waals surface area contributed by atoms with Crippen molar-refractivity contribution in [1.82, 2.24) is 14.1 Å². The van der Waals surface area contributed by atoms with Gasteiger partial charge in [0, 0.05) is 39.8 Å². The minimum absolute atomic E-state index is 0.0584. The second kappa shape index (κ2) is 10.1. The van der Waals surface area contributed by atoms with E-state index in [0.717, 1.165) is 12.1 Å². The van der Waals surface area contributed by atoms with Crippen LogP contribution >= 0.6 is 11.6 Å². The van der Waals surface area contributed by atoms with Gasteiger partial charge in [0.1, 0.15) is 0 Å². The number of carbonyl (C=O) groups is 1. The van der Waals surface area contributed by atoms with Crippen molar-refractivity contribution >= 4 is 27.5 Å². The molecule has 1 amide bonds. The molecular weight excluding hydrogens is 458 g/mol. The molecule has 33 heavy (non-hydrogen) atoms. The molecule has 0 spiro atoms. The molecule has 3 rings (SSSR count). The van der Waals surface area contributed by atoms with Crippen molar-refractivity contribution in [1.29, 1.82) is 0 Å². The van der Waals surface area contributed by atoms with Crippen LogP contribution in [0.25, 0.3) is 0 Å². The molecular formula is C25H34ClN3O3S. The second-order valence-corrected chi connectivity index (χ2v) is 11.9. The van der Waals surface area contributed by atoms with Crippen LogP contribution in [-0.2, 0) is 22.0 Å². The number of hydrogen-bond acceptors (Lipinski definition) is 4. The highest BCUT2D eigenvalue weighted by molar-refractivity contribution is 7.89. The molecule has 1 aliphatic rings. The van der Waals surface area contributed by atoms with Crippen LogP contribution in [0.1, 0.15) is 49.2 Å². The zero-order valence-corrected chi connectivity index (χ0v) is 21.7. The maximum Gasteiger partial charge on any atom is 0.255 e. The number of rotatable bonds is 6. The molecule has 2 aromatic rings. The second-order valence-electron chi connectivity index (χ2n) is 9.59. The summed E-state index contributed by atoms with van der Waals surface area (Å²) in [5.41, 5.74) is 2.47. The quantitative estimate of drug-likeness (QED) is 0.606. The van der Waals surface area contributed by atoms with Gasteiger partial charge in [0.2, 0.25) is 10.0 Å². The molecule has 1 fully saturated rings. The van der Waals surface area contributed by atoms with E-state index in [1.807, 2.05) is 12.1 Å². The van der Waals surface area contributed by atoms with Crippen LogP contribution in [0, 0.1) is 0 Å². The number of carbonyl (C=O) groups excluding carboxylic acids is 1. The summed E-state index contributed by atoms with van der Waals surface area (Å²) in [6.07, 6.45) is 0. The average molecular weight is 492 g/mol. The van der Waals surface area contributed by atoms with Gasteiger partial charge in [-0.05, 0) is 41.3 Å². The van der Waals surface area contributed by atoms with Gasteiger partial charge in [-0.1, -0.05) is 63.6 Å². The highest BCUT2D eigenvalue weighted by atomic mass is 35.5. The van der Waals surface area contributed by atoms with Gasteiger partial charge < -0.3 is 9.80 Å². The fourth-order valence-corrected chi connectivity index (χ4v) is 5.57. The maximum atomic E-state index is 13.2. The smallest absolute Gasteiger partial charge is 0.255 e. The van der Waals surface area contributed by atoms with Crippen LogP contribution in [0.2, 0.25) is 5.02 Å². The monoisotopic (exact) mass is 491 g/mol. The normalized spacial score (nSPS) is 16.1. The standard InChI is InChI=1S/C25H34ClN3O3S/c1-6-28-13-15-29(16-14-28)33(31,32)21-11-12-23(26)22(17-21)24(30)27(5)18-19-7-9-20(10-8-19)25(2,3)4/h7-12,17H,6,13-16,18H2,1-5H3. The van der Waals surface area contributed by atoms with Crippen molar-refractivity contribution in [3.8, 4) is 0 Å². The number of nitrogens with zero attached hydrogens (tertiary/aromatic N) is 3. The fraction of sp³-hybridized carbons (Fsp3) is 0.480. The predicted molar refractivity (Wildman–Crippen MR) is 133 cm³/mol. The first-order valence-corrected chi connectivity index (χ1v) is 13.1. The summed E-state index contributed by atoms with van der Waals surface area (Å²) in [6, 6.07) is 12.6. The Hall–Kier alpha value is -1.93. The van der Waals surface area contributed by atoms with E-state index in [2.05, 4.69) is 44.7 Å². The Morgan fingerprint density at radius 2 is 1.64 bits per heavy atom. The van der Waals surface area contributed by atoms with E-state index in [0.29, 0.717) is 32.7 Å². The first kappa shape index (κ1) is 25.7. The Morgan fingerprint density at radius 1 is 1.03 bits per heavy atom. The molecule has 0 aromatic heterocycles. The predicted octanol–water partition coefficient (Wildman–Crippen LogP) is 4.24. The van der Waals surface area contributed by atoms with E-state index in [1.54, 1.807) is 11.9 Å². The van der Waals surface area contributed by atoms with Crippen LogP contribution in [0.5, 0.6) is 0 Å². The van der Waals surface area contributed by atoms with Crippen LogP contribution in [0.4, 0.5) is 0 Å². The minimum atomic E-state index is -3.69. The summed E-state index contributed by atoms with van der Waals surface area (Å²) in [4.78, 5) is 17.0. The third-order valence-electron chi connectivity index (χ3n) is 6.17. The lowest BCUT2D eigenvalue weighted by Crippen LogP contribution is -2.48. The third kappa shape index (κ3) is 5.96. The summed E-state index contributed by atoms with van der Waals surface area (Å²) in [7, 11) is -2.00. The Balaban J connectivity index is 1.77. The molecule has 0 radical (unpaired) electrons. The van der Waals surface area contributed by atoms with Gasteiger partial charge in [-0.2, -0.15) is 4.31 Å². The summed E-state index contributed by atoms with van der Waals surface area (Å²) in [5.74, 6) is -0.312. The van der Waals surface area contributed by atoms with E-state index in [-0.39, 0.29) is 26.8 Å². The number of benzene rings is 2. The fourth-order valence-electron chi connectivity index (χ4n) is 3.93. The molecule has 8 heteroatoms. The van der Waals surface area contributed by atoms with Crippen molar-refractivity contribution in [2.45, 2.75) is 44.6 Å². The van der Waals surface area contributed by atoms with E-state index in [1.165, 1.54) is 28.1 Å². The van der Waals surface area contributed by atoms with Crippen LogP contribution in [0.3, 0.4) is 0 Å². The van der Waals surface area contributed by atoms with Gasteiger partial charge in [-0.15, -0.1) is 0 Å². The lowest BCUT2D eigenvalue weighted by atomic mass is 9.87. The molecule has 2 aromatic carbocycles. The van der Waals surface area contributed by atoms with Gasteiger partial charge in [0.25, 0.3) is 5.91 Å². The van der Waals surface area contributed by atoms with Crippen molar-refractivity contribution in [2.75, 3.05) is 39.8 Å². The average Bonchev–Trinajstić information content (AvgIpc) is 2.78. The molecule has 0 unspecified atom stereocenters. The molecule has 0 saturated carbocycles. The molecule has 0 aliphatic carbocycles. The molecule has 1 aliphatic heterocycles. The summed E-state index contributed by atoms with van der Waals surface area (Å²) in [5, 5.41) is 0.240. The Labute approximate surface area is 203 Å². The number of hydrogen-bond donors (Lipinski definition) is 0. The number of halogens is 1. The number of likely N-dealkylation sites (N-methyl/N-ethyl adjacent to an activating group) is 1. The Bertz CT molecular complexity index is 1090. The number of amides is 1. The van der Waals surface area contributed by atoms with Crippen molar-refractivity contribution in [3.05, 3.63) is 64.2 Å². The SMILES string of the molecule is CCN1CCN(S(=O)(=O)c2ccc(Cl)c(C(=O)N(C)Cc3ccc(C(C)(C)C)cc3)c2)CC1. The highest BCUT2D eigenvalue weighted by Gasteiger charge is 2.29. The summed E-state index contributed by atoms with van der Waals surface area (Å²) in [6.45, 7) is 12.1. The lowest BCUT2D eigenvalue weighted by molar-refractivity contribution is 0.0785. The van der Waals surface area contributed by atoms with Crippen LogP contribution in [0.15, 0.2) is 47.4 Å². The minimum Gasteiger partial charge on any atom is -0.337 e. The molecule has 180 valence electrons. The van der Waals surface area contributed by atoms with Gasteiger partial charge >= 0.3 is 0 Å². The zero-order valence-electron chi connectivity index (χ0n) is 20.1. The first-order chi connectivity index (χ1) is 15.4. The van der Waals surface area contributed by atoms with E-state index >= 15 is 0 Å². The molecule has 1 saturated heterocycles. The Kier molecular flexibility index (Phi) is 7.89. The molecule has 0 N–H and O–H groups in total. The van der Waals surface area contributed by atoms with Gasteiger partial charge in [0.05, 0.1) is 15.5 Å². The largest absolute Gasteiger partial charge is 0.337 e. The van der Waals surface area contributed by atoms with Gasteiger partial charge in [-0.25, -0.2) is 8.42 Å². The summed E-state index contributed by atoms with van der Waals surface area (Å²) >= 11 is 6.32. The number of piperazine rings is 1. The molecule has 6 nitrogen and oxygen atoms in total. The van der Waals surface area contributed by atoms with E-state index in [4.69, 9.17) is 11.6 Å². The Morgan fingerprint density at radius 3 is 2.18 bits per heavy atom. The lowest BCUT2D eigenvalue weighted by Gasteiger charge is -2.33. The first-order valence-electron chi connectivity index (χ1n) is 11.3. The maximum absolute atomic E-state index is 13.2. The van der Waals surface area contributed by atoms with Crippen LogP contribution in [-0.4, -0.2) is 68.2 Å². The summed E-state index contributed by atoms with van der Waals surface area (Å²) < 4.78 is 27.8. The molecule has 1 heterocycles. The van der Waals surface area contributed by atoms with Crippen molar-refractivity contribution in [3.63, 3.8) is 0 Å². The molecule has 0 bridgehead atoms. The third-order valence-corrected chi connectivity index (χ3v) is 8.40. The molecule has 0 atom stereocenters. The zero-order chi connectivity index (χ0) is 24.4. The van der Waals surface area contributed by atoms with E-state index < -0.39 is 10.0 Å². The van der Waals surface area contributed by atoms with Crippen molar-refractivity contribution < 1.29 is 13.2 Å². The highest BCUT2D eigenvalue weighted by Crippen LogP contribution is 2.26.